The van der Waals surface area contributed by atoms with Crippen LogP contribution in [0.25, 0.3) is 0 Å². The van der Waals surface area contributed by atoms with Gasteiger partial charge in [0, 0.05) is 11.8 Å². The van der Waals surface area contributed by atoms with Crippen molar-refractivity contribution < 1.29 is 14.5 Å². The Morgan fingerprint density at radius 2 is 2.36 bits per heavy atom. The van der Waals surface area contributed by atoms with Gasteiger partial charge in [-0.1, -0.05) is 11.8 Å². The lowest BCUT2D eigenvalue weighted by Crippen LogP contribution is -2.08. The summed E-state index contributed by atoms with van der Waals surface area (Å²) in [6.07, 6.45) is 0. The normalized spacial score (nSPS) is 9.55. The summed E-state index contributed by atoms with van der Waals surface area (Å²) in [6, 6.07) is 0. The maximum absolute atomic E-state index is 10.3. The molecule has 0 fully saturated rings. The van der Waals surface area contributed by atoms with Crippen LogP contribution in [0.1, 0.15) is 6.92 Å². The van der Waals surface area contributed by atoms with Crippen LogP contribution in [0.5, 0.6) is 0 Å². The Morgan fingerprint density at radius 1 is 1.73 bits per heavy atom. The fraction of sp³-hybridized carbons (Fsp3) is 0.800. The van der Waals surface area contributed by atoms with Gasteiger partial charge in [-0.05, 0) is 0 Å². The summed E-state index contributed by atoms with van der Waals surface area (Å²) >= 11 is 0.999. The number of rotatable bonds is 5. The van der Waals surface area contributed by atoms with E-state index in [1.54, 1.807) is 0 Å². The van der Waals surface area contributed by atoms with E-state index in [0.717, 1.165) is 11.8 Å². The van der Waals surface area contributed by atoms with E-state index in [4.69, 9.17) is 4.74 Å². The molecule has 0 amide bonds. The SMILES string of the molecule is CC(=O)SCOCC[N+](=O)[O-]. The minimum Gasteiger partial charge on any atom is -0.364 e. The van der Waals surface area contributed by atoms with Crippen molar-refractivity contribution >= 4 is 16.9 Å². The second-order valence-corrected chi connectivity index (χ2v) is 2.82. The first-order valence-corrected chi connectivity index (χ1v) is 3.94. The highest BCUT2D eigenvalue weighted by molar-refractivity contribution is 8.13. The second kappa shape index (κ2) is 6.11. The first-order chi connectivity index (χ1) is 5.13. The van der Waals surface area contributed by atoms with Gasteiger partial charge in [0.2, 0.25) is 6.54 Å². The topological polar surface area (TPSA) is 69.4 Å². The maximum atomic E-state index is 10.3. The van der Waals surface area contributed by atoms with Crippen molar-refractivity contribution in [3.05, 3.63) is 10.1 Å². The third kappa shape index (κ3) is 9.38. The Morgan fingerprint density at radius 3 is 2.82 bits per heavy atom. The van der Waals surface area contributed by atoms with Crippen molar-refractivity contribution in [2.75, 3.05) is 19.1 Å². The molecule has 0 bridgehead atoms. The molecule has 0 spiro atoms. The molecule has 0 rings (SSSR count). The fourth-order valence-electron chi connectivity index (χ4n) is 0.323. The minimum absolute atomic E-state index is 0.0499. The molecule has 0 aliphatic carbocycles. The largest absolute Gasteiger partial charge is 0.364 e. The van der Waals surface area contributed by atoms with Crippen LogP contribution in [-0.4, -0.2) is 29.1 Å². The van der Waals surface area contributed by atoms with E-state index < -0.39 is 4.92 Å². The summed E-state index contributed by atoms with van der Waals surface area (Å²) in [5.74, 6) is 0.198. The lowest BCUT2D eigenvalue weighted by molar-refractivity contribution is -0.483. The number of carbonyl (C=O) groups is 1. The number of hydrogen-bond donors (Lipinski definition) is 0. The molecule has 0 N–H and O–H groups in total. The van der Waals surface area contributed by atoms with E-state index >= 15 is 0 Å². The van der Waals surface area contributed by atoms with Crippen LogP contribution >= 0.6 is 11.8 Å². The summed E-state index contributed by atoms with van der Waals surface area (Å²) < 4.78 is 4.76. The summed E-state index contributed by atoms with van der Waals surface area (Å²) in [7, 11) is 0. The number of ether oxygens (including phenoxy) is 1. The first-order valence-electron chi connectivity index (χ1n) is 2.96. The Balaban J connectivity index is 3.03. The van der Waals surface area contributed by atoms with Gasteiger partial charge in [0.1, 0.15) is 6.61 Å². The lowest BCUT2D eigenvalue weighted by atomic mass is 10.7. The van der Waals surface area contributed by atoms with Crippen molar-refractivity contribution in [1.29, 1.82) is 0 Å². The third-order valence-electron chi connectivity index (χ3n) is 0.764. The molecule has 0 aliphatic rings. The smallest absolute Gasteiger partial charge is 0.226 e. The van der Waals surface area contributed by atoms with E-state index in [9.17, 15) is 14.9 Å². The molecule has 0 radical (unpaired) electrons. The van der Waals surface area contributed by atoms with Crippen molar-refractivity contribution in [3.63, 3.8) is 0 Å². The Bertz CT molecular complexity index is 133. The van der Waals surface area contributed by atoms with Gasteiger partial charge in [-0.3, -0.25) is 14.9 Å². The molecule has 0 unspecified atom stereocenters. The van der Waals surface area contributed by atoms with Gasteiger partial charge in [0.25, 0.3) is 0 Å². The monoisotopic (exact) mass is 179 g/mol. The molecular weight excluding hydrogens is 170 g/mol. The van der Waals surface area contributed by atoms with Crippen molar-refractivity contribution in [2.45, 2.75) is 6.92 Å². The molecule has 0 heterocycles. The van der Waals surface area contributed by atoms with Crippen molar-refractivity contribution in [2.24, 2.45) is 0 Å². The Labute approximate surface area is 68.3 Å². The Hall–Kier alpha value is -0.620. The molecule has 6 heteroatoms. The number of hydrogen-bond acceptors (Lipinski definition) is 5. The minimum atomic E-state index is -0.460. The molecule has 0 saturated carbocycles. The highest BCUT2D eigenvalue weighted by Gasteiger charge is 1.97. The zero-order chi connectivity index (χ0) is 8.69. The van der Waals surface area contributed by atoms with E-state index in [1.807, 2.05) is 0 Å². The van der Waals surface area contributed by atoms with Gasteiger partial charge in [0.05, 0.1) is 5.94 Å². The van der Waals surface area contributed by atoms with E-state index in [0.29, 0.717) is 0 Å². The molecule has 0 aromatic carbocycles. The van der Waals surface area contributed by atoms with Crippen LogP contribution < -0.4 is 0 Å². The van der Waals surface area contributed by atoms with E-state index in [2.05, 4.69) is 0 Å². The van der Waals surface area contributed by atoms with Gasteiger partial charge in [0.15, 0.2) is 5.12 Å². The molecule has 64 valence electrons. The highest BCUT2D eigenvalue weighted by Crippen LogP contribution is 1.99. The zero-order valence-corrected chi connectivity index (χ0v) is 6.93. The summed E-state index contributed by atoms with van der Waals surface area (Å²) in [5.41, 5.74) is 0. The lowest BCUT2D eigenvalue weighted by Gasteiger charge is -1.96. The van der Waals surface area contributed by atoms with Crippen molar-refractivity contribution in [1.82, 2.24) is 0 Å². The van der Waals surface area contributed by atoms with Crippen LogP contribution in [0.15, 0.2) is 0 Å². The summed E-state index contributed by atoms with van der Waals surface area (Å²) in [6.45, 7) is 1.27. The molecule has 0 aliphatic heterocycles. The van der Waals surface area contributed by atoms with Crippen LogP contribution in [0.4, 0.5) is 0 Å². The maximum Gasteiger partial charge on any atom is 0.226 e. The quantitative estimate of drug-likeness (QED) is 0.266. The number of nitro groups is 1. The van der Waals surface area contributed by atoms with Crippen molar-refractivity contribution in [3.8, 4) is 0 Å². The highest BCUT2D eigenvalue weighted by atomic mass is 32.2. The van der Waals surface area contributed by atoms with E-state index in [1.165, 1.54) is 6.92 Å². The number of thioether (sulfide) groups is 1. The molecule has 11 heavy (non-hydrogen) atoms. The van der Waals surface area contributed by atoms with Crippen LogP contribution in [0.3, 0.4) is 0 Å². The number of nitrogens with zero attached hydrogens (tertiary/aromatic N) is 1. The standard InChI is InChI=1S/C5H9NO4S/c1-5(7)11-4-10-3-2-6(8)9/h2-4H2,1H3. The molecule has 0 aromatic heterocycles. The molecule has 0 aromatic rings. The predicted octanol–water partition coefficient (Wildman–Crippen LogP) is 0.517. The fourth-order valence-corrected chi connectivity index (χ4v) is 0.690. The number of carbonyl (C=O) groups excluding carboxylic acids is 1. The van der Waals surface area contributed by atoms with Crippen LogP contribution in [0.2, 0.25) is 0 Å². The third-order valence-corrected chi connectivity index (χ3v) is 1.45. The van der Waals surface area contributed by atoms with Crippen LogP contribution in [-0.2, 0) is 9.53 Å². The van der Waals surface area contributed by atoms with Gasteiger partial charge in [-0.25, -0.2) is 0 Å². The van der Waals surface area contributed by atoms with Gasteiger partial charge in [-0.2, -0.15) is 0 Å². The Kier molecular flexibility index (Phi) is 5.77. The molecule has 5 nitrogen and oxygen atoms in total. The summed E-state index contributed by atoms with van der Waals surface area (Å²) in [4.78, 5) is 19.6. The summed E-state index contributed by atoms with van der Waals surface area (Å²) in [5, 5.41) is 9.70. The average molecular weight is 179 g/mol. The van der Waals surface area contributed by atoms with Crippen LogP contribution in [0, 0.1) is 10.1 Å². The van der Waals surface area contributed by atoms with Gasteiger partial charge >= 0.3 is 0 Å². The first kappa shape index (κ1) is 10.4. The van der Waals surface area contributed by atoms with Gasteiger partial charge < -0.3 is 4.74 Å². The van der Waals surface area contributed by atoms with Gasteiger partial charge in [-0.15, -0.1) is 0 Å². The van der Waals surface area contributed by atoms with E-state index in [-0.39, 0.29) is 24.2 Å². The average Bonchev–Trinajstić information content (AvgIpc) is 1.85. The second-order valence-electron chi connectivity index (χ2n) is 1.72. The zero-order valence-electron chi connectivity index (χ0n) is 6.11. The molecule has 0 atom stereocenters. The molecule has 0 saturated heterocycles. The predicted molar refractivity (Wildman–Crippen MR) is 41.0 cm³/mol. The molecular formula is C5H9NO4S.